The number of likely N-dealkylation sites (tertiary alicyclic amines) is 1. The molecule has 3 heterocycles. The molecule has 2 aromatic heterocycles. The van der Waals surface area contributed by atoms with Gasteiger partial charge in [0.15, 0.2) is 0 Å². The second-order valence-electron chi connectivity index (χ2n) is 5.51. The summed E-state index contributed by atoms with van der Waals surface area (Å²) in [4.78, 5) is 23.6. The summed E-state index contributed by atoms with van der Waals surface area (Å²) in [5.74, 6) is 1.40. The summed E-state index contributed by atoms with van der Waals surface area (Å²) in [6.45, 7) is 5.18. The molecule has 0 N–H and O–H groups in total. The number of carbonyl (C=O) groups excluding carboxylic acids is 1. The molecule has 0 radical (unpaired) electrons. The first-order chi connectivity index (χ1) is 10.6. The second kappa shape index (κ2) is 6.44. The Morgan fingerprint density at radius 3 is 3.00 bits per heavy atom. The van der Waals surface area contributed by atoms with Crippen molar-refractivity contribution in [3.63, 3.8) is 0 Å². The summed E-state index contributed by atoms with van der Waals surface area (Å²) in [6.07, 6.45) is 1.88. The smallest absolute Gasteiger partial charge is 0.264 e. The Morgan fingerprint density at radius 2 is 2.27 bits per heavy atom. The molecule has 0 saturated carbocycles. The number of amides is 1. The second-order valence-corrected chi connectivity index (χ2v) is 6.45. The van der Waals surface area contributed by atoms with Gasteiger partial charge in [0, 0.05) is 18.3 Å². The molecule has 1 unspecified atom stereocenters. The number of ether oxygens (including phenoxy) is 1. The number of hydrogen-bond donors (Lipinski definition) is 0. The van der Waals surface area contributed by atoms with Crippen LogP contribution in [0.3, 0.4) is 0 Å². The molecule has 0 aliphatic carbocycles. The minimum absolute atomic E-state index is 0.00800. The van der Waals surface area contributed by atoms with Crippen LogP contribution in [0.2, 0.25) is 0 Å². The standard InChI is InChI=1S/C16H19N3O2S/c1-11-9-15(18-12(2)17-11)21-13-5-3-7-19(10-13)16(20)14-6-4-8-22-14/h4,6,8-9,13H,3,5,7,10H2,1-2H3. The van der Waals surface area contributed by atoms with Gasteiger partial charge in [-0.1, -0.05) is 6.07 Å². The minimum Gasteiger partial charge on any atom is -0.472 e. The summed E-state index contributed by atoms with van der Waals surface area (Å²) in [7, 11) is 0. The summed E-state index contributed by atoms with van der Waals surface area (Å²) in [5.41, 5.74) is 0.893. The molecule has 3 rings (SSSR count). The highest BCUT2D eigenvalue weighted by Gasteiger charge is 2.26. The molecule has 22 heavy (non-hydrogen) atoms. The van der Waals surface area contributed by atoms with Crippen molar-refractivity contribution in [3.05, 3.63) is 40.0 Å². The summed E-state index contributed by atoms with van der Waals surface area (Å²) >= 11 is 1.48. The highest BCUT2D eigenvalue weighted by molar-refractivity contribution is 7.12. The topological polar surface area (TPSA) is 55.3 Å². The monoisotopic (exact) mass is 317 g/mol. The average Bonchev–Trinajstić information content (AvgIpc) is 3.00. The van der Waals surface area contributed by atoms with E-state index in [0.29, 0.717) is 18.2 Å². The van der Waals surface area contributed by atoms with E-state index in [0.717, 1.165) is 30.0 Å². The fraction of sp³-hybridized carbons (Fsp3) is 0.438. The molecule has 6 heteroatoms. The average molecular weight is 317 g/mol. The zero-order chi connectivity index (χ0) is 15.5. The van der Waals surface area contributed by atoms with E-state index in [9.17, 15) is 4.79 Å². The Balaban J connectivity index is 1.66. The molecule has 1 atom stereocenters. The maximum Gasteiger partial charge on any atom is 0.264 e. The highest BCUT2D eigenvalue weighted by atomic mass is 32.1. The van der Waals surface area contributed by atoms with E-state index in [-0.39, 0.29) is 12.0 Å². The van der Waals surface area contributed by atoms with E-state index in [1.54, 1.807) is 0 Å². The molecule has 0 aromatic carbocycles. The molecule has 0 bridgehead atoms. The van der Waals surface area contributed by atoms with Crippen LogP contribution in [0.5, 0.6) is 5.88 Å². The maximum atomic E-state index is 12.4. The van der Waals surface area contributed by atoms with Gasteiger partial charge in [0.25, 0.3) is 5.91 Å². The number of rotatable bonds is 3. The molecule has 2 aromatic rings. The van der Waals surface area contributed by atoms with Gasteiger partial charge in [-0.25, -0.2) is 4.98 Å². The fourth-order valence-electron chi connectivity index (χ4n) is 2.69. The van der Waals surface area contributed by atoms with Crippen molar-refractivity contribution in [2.24, 2.45) is 0 Å². The first-order valence-corrected chi connectivity index (χ1v) is 8.31. The third kappa shape index (κ3) is 3.44. The van der Waals surface area contributed by atoms with E-state index in [1.165, 1.54) is 11.3 Å². The van der Waals surface area contributed by atoms with Crippen LogP contribution in [0, 0.1) is 13.8 Å². The predicted molar refractivity (Wildman–Crippen MR) is 85.4 cm³/mol. The van der Waals surface area contributed by atoms with Crippen LogP contribution >= 0.6 is 11.3 Å². The fourth-order valence-corrected chi connectivity index (χ4v) is 3.38. The number of piperidine rings is 1. The van der Waals surface area contributed by atoms with Gasteiger partial charge in [-0.3, -0.25) is 4.79 Å². The van der Waals surface area contributed by atoms with Gasteiger partial charge < -0.3 is 9.64 Å². The number of nitrogens with zero attached hydrogens (tertiary/aromatic N) is 3. The molecule has 5 nitrogen and oxygen atoms in total. The first-order valence-electron chi connectivity index (χ1n) is 7.43. The first kappa shape index (κ1) is 15.0. The van der Waals surface area contributed by atoms with Crippen LogP contribution in [-0.2, 0) is 0 Å². The lowest BCUT2D eigenvalue weighted by molar-refractivity contribution is 0.0531. The number of carbonyl (C=O) groups is 1. The van der Waals surface area contributed by atoms with Gasteiger partial charge in [-0.2, -0.15) is 4.98 Å². The normalized spacial score (nSPS) is 18.3. The Hall–Kier alpha value is -1.95. The lowest BCUT2D eigenvalue weighted by Crippen LogP contribution is -2.44. The third-order valence-corrected chi connectivity index (χ3v) is 4.49. The molecule has 1 aliphatic rings. The molecule has 1 amide bonds. The van der Waals surface area contributed by atoms with Crippen LogP contribution in [0.1, 0.15) is 34.0 Å². The van der Waals surface area contributed by atoms with Gasteiger partial charge in [0.2, 0.25) is 5.88 Å². The van der Waals surface area contributed by atoms with Gasteiger partial charge in [0.05, 0.1) is 11.4 Å². The molecule has 1 saturated heterocycles. The van der Waals surface area contributed by atoms with Gasteiger partial charge in [-0.15, -0.1) is 11.3 Å². The van der Waals surface area contributed by atoms with E-state index in [2.05, 4.69) is 9.97 Å². The number of aromatic nitrogens is 2. The molecule has 1 aliphatic heterocycles. The van der Waals surface area contributed by atoms with Crippen LogP contribution in [0.15, 0.2) is 23.6 Å². The van der Waals surface area contributed by atoms with E-state index in [4.69, 9.17) is 4.74 Å². The van der Waals surface area contributed by atoms with Crippen LogP contribution < -0.4 is 4.74 Å². The third-order valence-electron chi connectivity index (χ3n) is 3.63. The van der Waals surface area contributed by atoms with Crippen LogP contribution in [0.25, 0.3) is 0 Å². The van der Waals surface area contributed by atoms with Crippen molar-refractivity contribution in [1.29, 1.82) is 0 Å². The summed E-state index contributed by atoms with van der Waals surface area (Å²) in [5, 5.41) is 1.93. The maximum absolute atomic E-state index is 12.4. The van der Waals surface area contributed by atoms with Crippen molar-refractivity contribution < 1.29 is 9.53 Å². The largest absolute Gasteiger partial charge is 0.472 e. The number of thiophene rings is 1. The minimum atomic E-state index is -0.00800. The quantitative estimate of drug-likeness (QED) is 0.873. The van der Waals surface area contributed by atoms with Crippen molar-refractivity contribution in [1.82, 2.24) is 14.9 Å². The van der Waals surface area contributed by atoms with Crippen molar-refractivity contribution >= 4 is 17.2 Å². The van der Waals surface area contributed by atoms with Crippen molar-refractivity contribution in [2.75, 3.05) is 13.1 Å². The Bertz CT molecular complexity index is 637. The Kier molecular flexibility index (Phi) is 4.38. The lowest BCUT2D eigenvalue weighted by Gasteiger charge is -2.32. The van der Waals surface area contributed by atoms with Gasteiger partial charge >= 0.3 is 0 Å². The summed E-state index contributed by atoms with van der Waals surface area (Å²) in [6, 6.07) is 5.61. The predicted octanol–water partition coefficient (Wildman–Crippen LogP) is 2.84. The van der Waals surface area contributed by atoms with E-state index >= 15 is 0 Å². The molecule has 116 valence electrons. The highest BCUT2D eigenvalue weighted by Crippen LogP contribution is 2.20. The van der Waals surface area contributed by atoms with Crippen LogP contribution in [-0.4, -0.2) is 40.0 Å². The molecular formula is C16H19N3O2S. The van der Waals surface area contributed by atoms with Crippen molar-refractivity contribution in [2.45, 2.75) is 32.8 Å². The molecule has 1 fully saturated rings. The Labute approximate surface area is 134 Å². The zero-order valence-electron chi connectivity index (χ0n) is 12.8. The van der Waals surface area contributed by atoms with Crippen molar-refractivity contribution in [3.8, 4) is 5.88 Å². The summed E-state index contributed by atoms with van der Waals surface area (Å²) < 4.78 is 5.97. The number of aryl methyl sites for hydroxylation is 2. The SMILES string of the molecule is Cc1cc(OC2CCCN(C(=O)c3cccs3)C2)nc(C)n1. The van der Waals surface area contributed by atoms with Gasteiger partial charge in [-0.05, 0) is 38.1 Å². The number of hydrogen-bond acceptors (Lipinski definition) is 5. The van der Waals surface area contributed by atoms with Crippen LogP contribution in [0.4, 0.5) is 0 Å². The zero-order valence-corrected chi connectivity index (χ0v) is 13.6. The van der Waals surface area contributed by atoms with E-state index < -0.39 is 0 Å². The lowest BCUT2D eigenvalue weighted by atomic mass is 10.1. The van der Waals surface area contributed by atoms with Gasteiger partial charge in [0.1, 0.15) is 11.9 Å². The van der Waals surface area contributed by atoms with E-state index in [1.807, 2.05) is 42.3 Å². The molecule has 0 spiro atoms. The Morgan fingerprint density at radius 1 is 1.41 bits per heavy atom. The molecular weight excluding hydrogens is 298 g/mol.